The number of hydrogen-bond donors (Lipinski definition) is 0. The van der Waals surface area contributed by atoms with Crippen molar-refractivity contribution >= 4 is 11.6 Å². The predicted octanol–water partition coefficient (Wildman–Crippen LogP) is 2.23. The zero-order chi connectivity index (χ0) is 9.84. The topological polar surface area (TPSA) is 42.2 Å². The fraction of sp³-hybridized carbons (Fsp3) is 0.222. The molecular formula is C9H8ClNO2. The fourth-order valence-corrected chi connectivity index (χ4v) is 1.30. The smallest absolute Gasteiger partial charge is 0.158 e. The largest absolute Gasteiger partial charge is 0.495 e. The van der Waals surface area contributed by atoms with Gasteiger partial charge in [0.25, 0.3) is 0 Å². The Kier molecular flexibility index (Phi) is 2.99. The molecule has 0 atom stereocenters. The summed E-state index contributed by atoms with van der Waals surface area (Å²) in [7, 11) is 2.97. The SMILES string of the molecule is COc1ccc(C#N)c(OC)c1Cl. The molecule has 0 unspecified atom stereocenters. The van der Waals surface area contributed by atoms with E-state index in [0.717, 1.165) is 0 Å². The molecule has 0 spiro atoms. The molecule has 0 amide bonds. The number of rotatable bonds is 2. The first kappa shape index (κ1) is 9.69. The molecule has 0 radical (unpaired) electrons. The maximum Gasteiger partial charge on any atom is 0.158 e. The maximum absolute atomic E-state index is 8.71. The molecule has 68 valence electrons. The Morgan fingerprint density at radius 2 is 2.00 bits per heavy atom. The normalized spacial score (nSPS) is 9.08. The summed E-state index contributed by atoms with van der Waals surface area (Å²) in [4.78, 5) is 0. The second-order valence-electron chi connectivity index (χ2n) is 2.27. The van der Waals surface area contributed by atoms with Crippen LogP contribution in [-0.4, -0.2) is 14.2 Å². The molecule has 0 aliphatic heterocycles. The highest BCUT2D eigenvalue weighted by atomic mass is 35.5. The number of hydrogen-bond acceptors (Lipinski definition) is 3. The van der Waals surface area contributed by atoms with Crippen LogP contribution in [0, 0.1) is 11.3 Å². The molecule has 0 heterocycles. The third-order valence-electron chi connectivity index (χ3n) is 1.61. The van der Waals surface area contributed by atoms with Crippen LogP contribution >= 0.6 is 11.6 Å². The van der Waals surface area contributed by atoms with E-state index >= 15 is 0 Å². The Bertz CT molecular complexity index is 357. The average Bonchev–Trinajstić information content (AvgIpc) is 2.17. The lowest BCUT2D eigenvalue weighted by Gasteiger charge is -2.08. The van der Waals surface area contributed by atoms with E-state index in [9.17, 15) is 0 Å². The molecular weight excluding hydrogens is 190 g/mol. The number of benzene rings is 1. The Morgan fingerprint density at radius 1 is 1.31 bits per heavy atom. The van der Waals surface area contributed by atoms with Crippen LogP contribution in [-0.2, 0) is 0 Å². The van der Waals surface area contributed by atoms with Gasteiger partial charge in [0.15, 0.2) is 5.75 Å². The van der Waals surface area contributed by atoms with Crippen molar-refractivity contribution < 1.29 is 9.47 Å². The molecule has 0 aliphatic rings. The summed E-state index contributed by atoms with van der Waals surface area (Å²) in [6, 6.07) is 5.20. The van der Waals surface area contributed by atoms with Crippen LogP contribution in [0.2, 0.25) is 5.02 Å². The highest BCUT2D eigenvalue weighted by molar-refractivity contribution is 6.33. The lowest BCUT2D eigenvalue weighted by Crippen LogP contribution is -1.92. The Labute approximate surface area is 81.4 Å². The lowest BCUT2D eigenvalue weighted by atomic mass is 10.2. The lowest BCUT2D eigenvalue weighted by molar-refractivity contribution is 0.394. The van der Waals surface area contributed by atoms with E-state index in [-0.39, 0.29) is 0 Å². The Balaban J connectivity index is 3.34. The minimum absolute atomic E-state index is 0.323. The third-order valence-corrected chi connectivity index (χ3v) is 1.96. The van der Waals surface area contributed by atoms with Crippen molar-refractivity contribution in [3.8, 4) is 17.6 Å². The zero-order valence-electron chi connectivity index (χ0n) is 7.30. The van der Waals surface area contributed by atoms with Crippen LogP contribution in [0.4, 0.5) is 0 Å². The van der Waals surface area contributed by atoms with Crippen LogP contribution < -0.4 is 9.47 Å². The van der Waals surface area contributed by atoms with Gasteiger partial charge >= 0.3 is 0 Å². The first-order chi connectivity index (χ1) is 6.24. The molecule has 0 saturated heterocycles. The second-order valence-corrected chi connectivity index (χ2v) is 2.65. The summed E-state index contributed by atoms with van der Waals surface area (Å²) >= 11 is 5.89. The summed E-state index contributed by atoms with van der Waals surface area (Å²) in [6.45, 7) is 0. The standard InChI is InChI=1S/C9H8ClNO2/c1-12-7-4-3-6(5-11)9(13-2)8(7)10/h3-4H,1-2H3. The minimum atomic E-state index is 0.323. The van der Waals surface area contributed by atoms with E-state index in [1.165, 1.54) is 14.2 Å². The quantitative estimate of drug-likeness (QED) is 0.730. The van der Waals surface area contributed by atoms with E-state index in [1.54, 1.807) is 12.1 Å². The Morgan fingerprint density at radius 3 is 2.46 bits per heavy atom. The van der Waals surface area contributed by atoms with Crippen LogP contribution in [0.5, 0.6) is 11.5 Å². The van der Waals surface area contributed by atoms with Gasteiger partial charge in [-0.25, -0.2) is 0 Å². The summed E-state index contributed by atoms with van der Waals surface area (Å²) in [5, 5.41) is 9.03. The zero-order valence-corrected chi connectivity index (χ0v) is 8.05. The second kappa shape index (κ2) is 4.01. The van der Waals surface area contributed by atoms with Crippen molar-refractivity contribution in [3.05, 3.63) is 22.7 Å². The van der Waals surface area contributed by atoms with E-state index in [1.807, 2.05) is 6.07 Å². The summed E-state index contributed by atoms with van der Waals surface area (Å²) < 4.78 is 9.94. The van der Waals surface area contributed by atoms with Gasteiger partial charge in [0.05, 0.1) is 19.8 Å². The molecule has 3 nitrogen and oxygen atoms in total. The molecule has 0 bridgehead atoms. The van der Waals surface area contributed by atoms with Gasteiger partial charge in [-0.1, -0.05) is 11.6 Å². The summed E-state index contributed by atoms with van der Waals surface area (Å²) in [6.07, 6.45) is 0. The van der Waals surface area contributed by atoms with Crippen LogP contribution in [0.25, 0.3) is 0 Å². The van der Waals surface area contributed by atoms with Gasteiger partial charge < -0.3 is 9.47 Å². The minimum Gasteiger partial charge on any atom is -0.495 e. The van der Waals surface area contributed by atoms with Gasteiger partial charge in [-0.15, -0.1) is 0 Å². The van der Waals surface area contributed by atoms with Gasteiger partial charge in [0.2, 0.25) is 0 Å². The number of halogens is 1. The van der Waals surface area contributed by atoms with E-state index in [4.69, 9.17) is 26.3 Å². The van der Waals surface area contributed by atoms with E-state index < -0.39 is 0 Å². The van der Waals surface area contributed by atoms with Gasteiger partial charge in [-0.2, -0.15) is 5.26 Å². The molecule has 1 rings (SSSR count). The van der Waals surface area contributed by atoms with Gasteiger partial charge in [0, 0.05) is 0 Å². The highest BCUT2D eigenvalue weighted by Crippen LogP contribution is 2.36. The van der Waals surface area contributed by atoms with Crippen molar-refractivity contribution in [2.24, 2.45) is 0 Å². The van der Waals surface area contributed by atoms with Crippen molar-refractivity contribution in [1.29, 1.82) is 5.26 Å². The van der Waals surface area contributed by atoms with Crippen molar-refractivity contribution in [3.63, 3.8) is 0 Å². The number of nitrogens with zero attached hydrogens (tertiary/aromatic N) is 1. The molecule has 0 N–H and O–H groups in total. The Hall–Kier alpha value is -1.40. The number of nitriles is 1. The molecule has 13 heavy (non-hydrogen) atoms. The maximum atomic E-state index is 8.71. The molecule has 0 aliphatic carbocycles. The van der Waals surface area contributed by atoms with Crippen molar-refractivity contribution in [1.82, 2.24) is 0 Å². The number of ether oxygens (including phenoxy) is 2. The van der Waals surface area contributed by atoms with Gasteiger partial charge in [-0.3, -0.25) is 0 Å². The highest BCUT2D eigenvalue weighted by Gasteiger charge is 2.11. The van der Waals surface area contributed by atoms with E-state index in [0.29, 0.717) is 22.1 Å². The molecule has 1 aromatic rings. The molecule has 0 saturated carbocycles. The molecule has 1 aromatic carbocycles. The fourth-order valence-electron chi connectivity index (χ4n) is 0.983. The van der Waals surface area contributed by atoms with E-state index in [2.05, 4.69) is 0 Å². The van der Waals surface area contributed by atoms with Crippen LogP contribution in [0.1, 0.15) is 5.56 Å². The van der Waals surface area contributed by atoms with Crippen LogP contribution in [0.3, 0.4) is 0 Å². The molecule has 4 heteroatoms. The third kappa shape index (κ3) is 1.68. The summed E-state index contributed by atoms with van der Waals surface area (Å²) in [5.41, 5.74) is 0.397. The van der Waals surface area contributed by atoms with Crippen LogP contribution in [0.15, 0.2) is 12.1 Å². The van der Waals surface area contributed by atoms with Crippen molar-refractivity contribution in [2.45, 2.75) is 0 Å². The van der Waals surface area contributed by atoms with Crippen molar-refractivity contribution in [2.75, 3.05) is 14.2 Å². The first-order valence-corrected chi connectivity index (χ1v) is 3.93. The van der Waals surface area contributed by atoms with Gasteiger partial charge in [0.1, 0.15) is 16.8 Å². The molecule has 0 aromatic heterocycles. The predicted molar refractivity (Wildman–Crippen MR) is 49.3 cm³/mol. The monoisotopic (exact) mass is 197 g/mol. The molecule has 0 fully saturated rings. The summed E-state index contributed by atoms with van der Waals surface area (Å²) in [5.74, 6) is 0.848. The average molecular weight is 198 g/mol. The van der Waals surface area contributed by atoms with Gasteiger partial charge in [-0.05, 0) is 12.1 Å². The number of methoxy groups -OCH3 is 2. The first-order valence-electron chi connectivity index (χ1n) is 3.55.